The summed E-state index contributed by atoms with van der Waals surface area (Å²) in [5.74, 6) is 0.797. The third-order valence-electron chi connectivity index (χ3n) is 4.66. The minimum atomic E-state index is -0.0173. The predicted molar refractivity (Wildman–Crippen MR) is 101 cm³/mol. The molecule has 2 aromatic heterocycles. The molecule has 1 fully saturated rings. The number of pyridine rings is 1. The molecule has 3 aromatic rings. The van der Waals surface area contributed by atoms with Gasteiger partial charge < -0.3 is 14.0 Å². The molecule has 5 nitrogen and oxygen atoms in total. The number of piperidine rings is 1. The van der Waals surface area contributed by atoms with Gasteiger partial charge in [-0.3, -0.25) is 4.79 Å². The predicted octanol–water partition coefficient (Wildman–Crippen LogP) is 3.98. The second-order valence-corrected chi connectivity index (χ2v) is 7.10. The smallest absolute Gasteiger partial charge is 0.274 e. The number of carbonyl (C=O) groups excluding carboxylic acids is 1. The number of ether oxygens (including phenoxy) is 1. The Labute approximate surface area is 157 Å². The standard InChI is InChI=1S/C20H20ClN3O2/c1-14-2-7-19-22-18(13-24(19)12-14)20(25)23-10-8-17(9-11-23)26-16-5-3-15(21)4-6-16/h2-7,12-13,17H,8-11H2,1H3. The number of benzene rings is 1. The van der Waals surface area contributed by atoms with Crippen molar-refractivity contribution in [2.24, 2.45) is 0 Å². The van der Waals surface area contributed by atoms with Crippen molar-refractivity contribution in [1.29, 1.82) is 0 Å². The van der Waals surface area contributed by atoms with Crippen molar-refractivity contribution in [3.63, 3.8) is 0 Å². The topological polar surface area (TPSA) is 46.8 Å². The van der Waals surface area contributed by atoms with E-state index in [9.17, 15) is 4.79 Å². The fourth-order valence-corrected chi connectivity index (χ4v) is 3.38. The normalized spacial score (nSPS) is 15.4. The van der Waals surface area contributed by atoms with Crippen molar-refractivity contribution in [3.8, 4) is 5.75 Å². The summed E-state index contributed by atoms with van der Waals surface area (Å²) in [5, 5.41) is 0.695. The van der Waals surface area contributed by atoms with E-state index in [1.165, 1.54) is 0 Å². The molecular weight excluding hydrogens is 350 g/mol. The van der Waals surface area contributed by atoms with Gasteiger partial charge in [-0.05, 0) is 42.8 Å². The van der Waals surface area contributed by atoms with Crippen LogP contribution in [-0.4, -0.2) is 39.4 Å². The van der Waals surface area contributed by atoms with Crippen LogP contribution in [0.3, 0.4) is 0 Å². The highest BCUT2D eigenvalue weighted by molar-refractivity contribution is 6.30. The van der Waals surface area contributed by atoms with E-state index in [-0.39, 0.29) is 12.0 Å². The third kappa shape index (κ3) is 3.53. The maximum Gasteiger partial charge on any atom is 0.274 e. The largest absolute Gasteiger partial charge is 0.490 e. The lowest BCUT2D eigenvalue weighted by atomic mass is 10.1. The van der Waals surface area contributed by atoms with E-state index in [4.69, 9.17) is 16.3 Å². The molecule has 26 heavy (non-hydrogen) atoms. The summed E-state index contributed by atoms with van der Waals surface area (Å²) in [6.45, 7) is 3.36. The number of rotatable bonds is 3. The number of amides is 1. The molecule has 0 saturated carbocycles. The zero-order valence-corrected chi connectivity index (χ0v) is 15.3. The van der Waals surface area contributed by atoms with Crippen molar-refractivity contribution in [2.75, 3.05) is 13.1 Å². The quantitative estimate of drug-likeness (QED) is 0.701. The maximum absolute atomic E-state index is 12.8. The van der Waals surface area contributed by atoms with Crippen molar-refractivity contribution in [1.82, 2.24) is 14.3 Å². The Kier molecular flexibility index (Phi) is 4.55. The lowest BCUT2D eigenvalue weighted by molar-refractivity contribution is 0.0591. The Morgan fingerprint density at radius 3 is 2.58 bits per heavy atom. The monoisotopic (exact) mass is 369 g/mol. The summed E-state index contributed by atoms with van der Waals surface area (Å²) in [5.41, 5.74) is 2.42. The van der Waals surface area contributed by atoms with E-state index >= 15 is 0 Å². The minimum absolute atomic E-state index is 0.0173. The number of fused-ring (bicyclic) bond motifs is 1. The number of hydrogen-bond donors (Lipinski definition) is 0. The second-order valence-electron chi connectivity index (χ2n) is 6.66. The first kappa shape index (κ1) is 16.9. The van der Waals surface area contributed by atoms with E-state index in [0.717, 1.165) is 29.8 Å². The Balaban J connectivity index is 1.38. The van der Waals surface area contributed by atoms with Crippen LogP contribution in [0.4, 0.5) is 0 Å². The Hall–Kier alpha value is -2.53. The molecule has 0 radical (unpaired) electrons. The van der Waals surface area contributed by atoms with Gasteiger partial charge in [-0.1, -0.05) is 17.7 Å². The van der Waals surface area contributed by atoms with Crippen molar-refractivity contribution in [2.45, 2.75) is 25.9 Å². The van der Waals surface area contributed by atoms with Crippen LogP contribution in [0.1, 0.15) is 28.9 Å². The molecule has 134 valence electrons. The summed E-state index contributed by atoms with van der Waals surface area (Å²) >= 11 is 5.90. The van der Waals surface area contributed by atoms with Crippen LogP contribution in [0.5, 0.6) is 5.75 Å². The van der Waals surface area contributed by atoms with Crippen LogP contribution >= 0.6 is 11.6 Å². The fourth-order valence-electron chi connectivity index (χ4n) is 3.25. The summed E-state index contributed by atoms with van der Waals surface area (Å²) in [4.78, 5) is 19.1. The van der Waals surface area contributed by atoms with Gasteiger partial charge in [0.2, 0.25) is 0 Å². The minimum Gasteiger partial charge on any atom is -0.490 e. The molecule has 3 heterocycles. The Morgan fingerprint density at radius 1 is 1.12 bits per heavy atom. The number of nitrogens with zero attached hydrogens (tertiary/aromatic N) is 3. The molecular formula is C20H20ClN3O2. The average molecular weight is 370 g/mol. The fraction of sp³-hybridized carbons (Fsp3) is 0.300. The molecule has 0 atom stereocenters. The number of hydrogen-bond acceptors (Lipinski definition) is 3. The van der Waals surface area contributed by atoms with Gasteiger partial charge >= 0.3 is 0 Å². The summed E-state index contributed by atoms with van der Waals surface area (Å²) in [7, 11) is 0. The number of likely N-dealkylation sites (tertiary alicyclic amines) is 1. The van der Waals surface area contributed by atoms with Crippen LogP contribution in [0, 0.1) is 6.92 Å². The molecule has 0 spiro atoms. The summed E-state index contributed by atoms with van der Waals surface area (Å²) in [6.07, 6.45) is 5.51. The van der Waals surface area contributed by atoms with Gasteiger partial charge in [-0.15, -0.1) is 0 Å². The molecule has 0 unspecified atom stereocenters. The van der Waals surface area contributed by atoms with Gasteiger partial charge in [0.15, 0.2) is 0 Å². The van der Waals surface area contributed by atoms with Crippen LogP contribution in [0.15, 0.2) is 48.8 Å². The summed E-state index contributed by atoms with van der Waals surface area (Å²) in [6, 6.07) is 11.3. The molecule has 1 saturated heterocycles. The van der Waals surface area contributed by atoms with Crippen molar-refractivity contribution < 1.29 is 9.53 Å². The Bertz CT molecular complexity index is 928. The molecule has 0 N–H and O–H groups in total. The molecule has 1 aliphatic rings. The highest BCUT2D eigenvalue weighted by Crippen LogP contribution is 2.22. The lowest BCUT2D eigenvalue weighted by Gasteiger charge is -2.31. The van der Waals surface area contributed by atoms with Crippen LogP contribution < -0.4 is 4.74 Å². The molecule has 1 amide bonds. The van der Waals surface area contributed by atoms with Crippen LogP contribution in [0.25, 0.3) is 5.65 Å². The highest BCUT2D eigenvalue weighted by Gasteiger charge is 2.26. The number of aromatic nitrogens is 2. The van der Waals surface area contributed by atoms with E-state index in [0.29, 0.717) is 23.8 Å². The molecule has 1 aromatic carbocycles. The molecule has 0 aliphatic carbocycles. The highest BCUT2D eigenvalue weighted by atomic mass is 35.5. The zero-order valence-electron chi connectivity index (χ0n) is 14.6. The molecule has 0 bridgehead atoms. The zero-order chi connectivity index (χ0) is 18.1. The average Bonchev–Trinajstić information content (AvgIpc) is 3.07. The van der Waals surface area contributed by atoms with Gasteiger partial charge in [-0.2, -0.15) is 0 Å². The first-order valence-corrected chi connectivity index (χ1v) is 9.13. The van der Waals surface area contributed by atoms with E-state index in [1.54, 1.807) is 6.20 Å². The first-order chi connectivity index (χ1) is 12.6. The number of carbonyl (C=O) groups is 1. The van der Waals surface area contributed by atoms with Gasteiger partial charge in [0.25, 0.3) is 5.91 Å². The van der Waals surface area contributed by atoms with Gasteiger partial charge in [0, 0.05) is 43.3 Å². The number of imidazole rings is 1. The second kappa shape index (κ2) is 7.00. The lowest BCUT2D eigenvalue weighted by Crippen LogP contribution is -2.41. The van der Waals surface area contributed by atoms with Crippen LogP contribution in [0.2, 0.25) is 5.02 Å². The molecule has 1 aliphatic heterocycles. The molecule has 4 rings (SSSR count). The van der Waals surface area contributed by atoms with E-state index in [1.807, 2.05) is 58.8 Å². The number of halogens is 1. The first-order valence-electron chi connectivity index (χ1n) is 8.75. The summed E-state index contributed by atoms with van der Waals surface area (Å²) < 4.78 is 7.89. The Morgan fingerprint density at radius 2 is 1.85 bits per heavy atom. The molecule has 6 heteroatoms. The maximum atomic E-state index is 12.8. The van der Waals surface area contributed by atoms with Gasteiger partial charge in [0.1, 0.15) is 23.2 Å². The van der Waals surface area contributed by atoms with Gasteiger partial charge in [-0.25, -0.2) is 4.98 Å². The van der Waals surface area contributed by atoms with Crippen molar-refractivity contribution in [3.05, 3.63) is 65.1 Å². The van der Waals surface area contributed by atoms with E-state index < -0.39 is 0 Å². The SMILES string of the molecule is Cc1ccc2nc(C(=O)N3CCC(Oc4ccc(Cl)cc4)CC3)cn2c1. The van der Waals surface area contributed by atoms with Crippen LogP contribution in [-0.2, 0) is 0 Å². The van der Waals surface area contributed by atoms with E-state index in [2.05, 4.69) is 4.98 Å². The van der Waals surface area contributed by atoms with Gasteiger partial charge in [0.05, 0.1) is 0 Å². The third-order valence-corrected chi connectivity index (χ3v) is 4.92. The number of aryl methyl sites for hydroxylation is 1. The van der Waals surface area contributed by atoms with Crippen molar-refractivity contribution >= 4 is 23.2 Å².